The first-order valence-electron chi connectivity index (χ1n) is 10.5. The van der Waals surface area contributed by atoms with Gasteiger partial charge in [-0.1, -0.05) is 41.9 Å². The zero-order chi connectivity index (χ0) is 26.1. The number of amides is 1. The fourth-order valence-corrected chi connectivity index (χ4v) is 4.73. The van der Waals surface area contributed by atoms with Crippen LogP contribution in [0.15, 0.2) is 89.4 Å². The molecule has 0 aliphatic rings. The fourth-order valence-electron chi connectivity index (χ4n) is 3.02. The Bertz CT molecular complexity index is 1330. The average Bonchev–Trinajstić information content (AvgIpc) is 2.85. The smallest absolute Gasteiger partial charge is 0.255 e. The summed E-state index contributed by atoms with van der Waals surface area (Å²) in [5.74, 6) is -0.786. The van der Waals surface area contributed by atoms with Crippen LogP contribution in [0.4, 0.5) is 4.39 Å². The number of carbonyl (C=O) groups is 1. The zero-order valence-corrected chi connectivity index (χ0v) is 21.2. The Kier molecular flexibility index (Phi) is 9.60. The number of ether oxygens (including phenoxy) is 1. The third kappa shape index (κ3) is 7.38. The number of carbonyl (C=O) groups excluding carboxylic acids is 1. The van der Waals surface area contributed by atoms with E-state index in [0.717, 1.165) is 10.4 Å². The summed E-state index contributed by atoms with van der Waals surface area (Å²) in [6.07, 6.45) is 3.02. The van der Waals surface area contributed by atoms with E-state index in [-0.39, 0.29) is 15.5 Å². The van der Waals surface area contributed by atoms with Crippen LogP contribution in [-0.4, -0.2) is 38.0 Å². The van der Waals surface area contributed by atoms with Gasteiger partial charge in [0.25, 0.3) is 5.91 Å². The van der Waals surface area contributed by atoms with Gasteiger partial charge in [-0.05, 0) is 66.2 Å². The van der Waals surface area contributed by atoms with Crippen molar-refractivity contribution in [3.63, 3.8) is 0 Å². The minimum absolute atomic E-state index is 0.0326. The van der Waals surface area contributed by atoms with E-state index in [0.29, 0.717) is 22.9 Å². The Balaban J connectivity index is 1.77. The number of nitrogens with zero attached hydrogens (tertiary/aromatic N) is 2. The minimum Gasteiger partial charge on any atom is -0.490 e. The highest BCUT2D eigenvalue weighted by Gasteiger charge is 2.28. The fraction of sp³-hybridized carbons (Fsp3) is 0.120. The average molecular weight is 550 g/mol. The number of halogens is 3. The molecular formula is C25H22Cl2FN3O4S. The number of benzene rings is 3. The van der Waals surface area contributed by atoms with Crippen molar-refractivity contribution in [3.05, 3.63) is 106 Å². The van der Waals surface area contributed by atoms with Crippen LogP contribution in [0, 0.1) is 5.82 Å². The second-order valence-electron chi connectivity index (χ2n) is 7.39. The molecule has 0 saturated heterocycles. The van der Waals surface area contributed by atoms with Gasteiger partial charge in [0.15, 0.2) is 0 Å². The molecule has 0 bridgehead atoms. The first-order chi connectivity index (χ1) is 17.2. The van der Waals surface area contributed by atoms with E-state index < -0.39 is 34.8 Å². The molecule has 0 aliphatic carbocycles. The van der Waals surface area contributed by atoms with E-state index in [4.69, 9.17) is 27.9 Å². The van der Waals surface area contributed by atoms with Crippen LogP contribution >= 0.6 is 23.2 Å². The van der Waals surface area contributed by atoms with Gasteiger partial charge in [-0.3, -0.25) is 4.79 Å². The van der Waals surface area contributed by atoms with Crippen molar-refractivity contribution >= 4 is 45.3 Å². The Morgan fingerprint density at radius 3 is 2.42 bits per heavy atom. The highest BCUT2D eigenvalue weighted by Crippen LogP contribution is 2.25. The molecule has 3 rings (SSSR count). The second kappa shape index (κ2) is 12.6. The van der Waals surface area contributed by atoms with Crippen molar-refractivity contribution in [3.8, 4) is 5.75 Å². The lowest BCUT2D eigenvalue weighted by molar-refractivity contribution is -0.121. The van der Waals surface area contributed by atoms with Crippen LogP contribution in [0.2, 0.25) is 10.0 Å². The molecule has 0 radical (unpaired) electrons. The first-order valence-corrected chi connectivity index (χ1v) is 12.7. The summed E-state index contributed by atoms with van der Waals surface area (Å²) in [5.41, 5.74) is 2.90. The largest absolute Gasteiger partial charge is 0.490 e. The van der Waals surface area contributed by atoms with Crippen molar-refractivity contribution in [2.45, 2.75) is 11.4 Å². The molecule has 3 aromatic carbocycles. The van der Waals surface area contributed by atoms with Crippen LogP contribution in [0.25, 0.3) is 0 Å². The first kappa shape index (κ1) is 27.3. The molecule has 0 heterocycles. The summed E-state index contributed by atoms with van der Waals surface area (Å²) >= 11 is 12.0. The highest BCUT2D eigenvalue weighted by molar-refractivity contribution is 7.89. The van der Waals surface area contributed by atoms with Crippen molar-refractivity contribution in [2.75, 3.05) is 13.2 Å². The monoisotopic (exact) mass is 549 g/mol. The predicted molar refractivity (Wildman–Crippen MR) is 138 cm³/mol. The van der Waals surface area contributed by atoms with Gasteiger partial charge in [-0.2, -0.15) is 9.41 Å². The maximum Gasteiger partial charge on any atom is 0.255 e. The normalized spacial score (nSPS) is 11.6. The van der Waals surface area contributed by atoms with E-state index in [1.165, 1.54) is 42.6 Å². The van der Waals surface area contributed by atoms with Crippen molar-refractivity contribution < 1.29 is 22.3 Å². The van der Waals surface area contributed by atoms with Gasteiger partial charge < -0.3 is 4.74 Å². The Hall–Kier alpha value is -3.24. The van der Waals surface area contributed by atoms with Gasteiger partial charge in [0.2, 0.25) is 10.0 Å². The van der Waals surface area contributed by atoms with Crippen LogP contribution in [0.1, 0.15) is 11.1 Å². The highest BCUT2D eigenvalue weighted by atomic mass is 35.5. The van der Waals surface area contributed by atoms with Crippen LogP contribution in [0.5, 0.6) is 5.75 Å². The molecule has 11 heteroatoms. The molecule has 0 fully saturated rings. The van der Waals surface area contributed by atoms with Crippen LogP contribution < -0.4 is 10.2 Å². The molecule has 0 saturated carbocycles. The molecule has 0 atom stereocenters. The summed E-state index contributed by atoms with van der Waals surface area (Å²) < 4.78 is 47.2. The molecule has 36 heavy (non-hydrogen) atoms. The number of hydrazone groups is 1. The number of nitrogens with one attached hydrogen (secondary N) is 1. The van der Waals surface area contributed by atoms with E-state index in [9.17, 15) is 17.6 Å². The molecule has 0 aliphatic heterocycles. The van der Waals surface area contributed by atoms with Crippen molar-refractivity contribution in [1.29, 1.82) is 0 Å². The van der Waals surface area contributed by atoms with E-state index in [1.807, 2.05) is 0 Å². The van der Waals surface area contributed by atoms with E-state index in [1.54, 1.807) is 30.3 Å². The van der Waals surface area contributed by atoms with Gasteiger partial charge in [0, 0.05) is 22.2 Å². The van der Waals surface area contributed by atoms with Gasteiger partial charge in [0.05, 0.1) is 17.7 Å². The Labute approximate surface area is 218 Å². The number of hydrogen-bond acceptors (Lipinski definition) is 5. The minimum atomic E-state index is -4.22. The predicted octanol–water partition coefficient (Wildman–Crippen LogP) is 5.04. The molecule has 0 spiro atoms. The Morgan fingerprint density at radius 2 is 1.78 bits per heavy atom. The molecule has 1 N–H and O–H groups in total. The lowest BCUT2D eigenvalue weighted by atomic mass is 10.2. The summed E-state index contributed by atoms with van der Waals surface area (Å²) in [5, 5.41) is 4.24. The molecular weight excluding hydrogens is 528 g/mol. The second-order valence-corrected chi connectivity index (χ2v) is 10.2. The molecule has 0 aromatic heterocycles. The van der Waals surface area contributed by atoms with E-state index >= 15 is 0 Å². The molecule has 0 unspecified atom stereocenters. The van der Waals surface area contributed by atoms with Gasteiger partial charge in [-0.25, -0.2) is 18.2 Å². The van der Waals surface area contributed by atoms with Crippen LogP contribution in [0.3, 0.4) is 0 Å². The third-order valence-electron chi connectivity index (χ3n) is 4.82. The summed E-state index contributed by atoms with van der Waals surface area (Å²) in [7, 11) is -4.22. The lowest BCUT2D eigenvalue weighted by Crippen LogP contribution is -2.39. The quantitative estimate of drug-likeness (QED) is 0.206. The lowest BCUT2D eigenvalue weighted by Gasteiger charge is -2.22. The SMILES string of the molecule is C=CCOc1ccc(/C=N\NC(=O)CN(Cc2c(F)cccc2Cl)S(=O)(=O)c2ccc(Cl)cc2)cc1. The third-order valence-corrected chi connectivity index (χ3v) is 7.23. The maximum atomic E-state index is 14.4. The van der Waals surface area contributed by atoms with Crippen molar-refractivity contribution in [1.82, 2.24) is 9.73 Å². The van der Waals surface area contributed by atoms with Gasteiger partial charge in [-0.15, -0.1) is 0 Å². The van der Waals surface area contributed by atoms with Crippen LogP contribution in [-0.2, 0) is 21.4 Å². The Morgan fingerprint density at radius 1 is 1.08 bits per heavy atom. The van der Waals surface area contributed by atoms with Gasteiger partial charge in [0.1, 0.15) is 18.2 Å². The number of hydrogen-bond donors (Lipinski definition) is 1. The summed E-state index contributed by atoms with van der Waals surface area (Å²) in [6.45, 7) is 2.84. The van der Waals surface area contributed by atoms with Gasteiger partial charge >= 0.3 is 0 Å². The topological polar surface area (TPSA) is 88.1 Å². The molecule has 7 nitrogen and oxygen atoms in total. The standard InChI is InChI=1S/C25H22Cl2FN3O4S/c1-2-14-35-20-10-6-18(7-11-20)15-29-30-25(32)17-31(16-22-23(27)4-3-5-24(22)28)36(33,34)21-12-8-19(26)9-13-21/h2-13,15H,1,14,16-17H2,(H,30,32)/b29-15-. The molecule has 188 valence electrons. The summed E-state index contributed by atoms with van der Waals surface area (Å²) in [4.78, 5) is 12.5. The number of sulfonamides is 1. The molecule has 1 amide bonds. The number of rotatable bonds is 11. The maximum absolute atomic E-state index is 14.4. The van der Waals surface area contributed by atoms with Crippen molar-refractivity contribution in [2.24, 2.45) is 5.10 Å². The zero-order valence-electron chi connectivity index (χ0n) is 18.9. The van der Waals surface area contributed by atoms with E-state index in [2.05, 4.69) is 17.1 Å². The molecule has 3 aromatic rings. The summed E-state index contributed by atoms with van der Waals surface area (Å²) in [6, 6.07) is 16.3.